The number of carbonyl (C=O) groups excluding carboxylic acids is 2. The third-order valence-corrected chi connectivity index (χ3v) is 3.93. The standard InChI is InChI=1S/C14H18ClN5O4/c1-16-14(22)17-13(21)9-18-4-6-19(7-5-18)11-3-2-10(15)8-12(11)20(23)24/h2-3,8H,4-7,9H2,1H3,(H2,16,17,21,22). The van der Waals surface area contributed by atoms with Gasteiger partial charge in [0, 0.05) is 44.3 Å². The summed E-state index contributed by atoms with van der Waals surface area (Å²) in [5.74, 6) is -0.389. The van der Waals surface area contributed by atoms with Gasteiger partial charge in [-0.15, -0.1) is 0 Å². The molecule has 1 aromatic rings. The molecule has 10 heteroatoms. The van der Waals surface area contributed by atoms with Crippen LogP contribution < -0.4 is 15.5 Å². The summed E-state index contributed by atoms with van der Waals surface area (Å²) in [5.41, 5.74) is 0.479. The number of nitrogens with zero attached hydrogens (tertiary/aromatic N) is 3. The Morgan fingerprint density at radius 2 is 1.96 bits per heavy atom. The maximum atomic E-state index is 11.7. The van der Waals surface area contributed by atoms with Gasteiger partial charge in [-0.25, -0.2) is 4.79 Å². The molecule has 24 heavy (non-hydrogen) atoms. The fraction of sp³-hybridized carbons (Fsp3) is 0.429. The van der Waals surface area contributed by atoms with E-state index in [1.54, 1.807) is 12.1 Å². The molecule has 0 spiro atoms. The Hall–Kier alpha value is -2.39. The minimum Gasteiger partial charge on any atom is -0.363 e. The number of imide groups is 1. The van der Waals surface area contributed by atoms with E-state index in [1.807, 2.05) is 9.80 Å². The molecule has 1 saturated heterocycles. The topological polar surface area (TPSA) is 108 Å². The highest BCUT2D eigenvalue weighted by molar-refractivity contribution is 6.30. The van der Waals surface area contributed by atoms with Crippen molar-refractivity contribution in [1.29, 1.82) is 0 Å². The van der Waals surface area contributed by atoms with Crippen molar-refractivity contribution in [2.75, 3.05) is 44.7 Å². The first-order chi connectivity index (χ1) is 11.4. The number of anilines is 1. The van der Waals surface area contributed by atoms with Gasteiger partial charge in [0.25, 0.3) is 5.69 Å². The minimum absolute atomic E-state index is 0.0340. The fourth-order valence-electron chi connectivity index (χ4n) is 2.49. The summed E-state index contributed by atoms with van der Waals surface area (Å²) in [7, 11) is 1.43. The van der Waals surface area contributed by atoms with Crippen molar-refractivity contribution in [2.45, 2.75) is 0 Å². The zero-order valence-electron chi connectivity index (χ0n) is 13.1. The van der Waals surface area contributed by atoms with Gasteiger partial charge >= 0.3 is 6.03 Å². The van der Waals surface area contributed by atoms with Crippen LogP contribution in [0.4, 0.5) is 16.2 Å². The second-order valence-corrected chi connectivity index (χ2v) is 5.72. The molecule has 9 nitrogen and oxygen atoms in total. The van der Waals surface area contributed by atoms with Gasteiger partial charge in [0.1, 0.15) is 5.69 Å². The number of hydrogen-bond donors (Lipinski definition) is 2. The Kier molecular flexibility index (Phi) is 5.93. The van der Waals surface area contributed by atoms with Gasteiger partial charge in [-0.1, -0.05) is 11.6 Å². The molecule has 1 aliphatic heterocycles. The third-order valence-electron chi connectivity index (χ3n) is 3.69. The van der Waals surface area contributed by atoms with Gasteiger partial charge in [0.15, 0.2) is 0 Å². The third kappa shape index (κ3) is 4.56. The largest absolute Gasteiger partial charge is 0.363 e. The molecular weight excluding hydrogens is 338 g/mol. The van der Waals surface area contributed by atoms with Crippen LogP contribution in [0, 0.1) is 10.1 Å². The van der Waals surface area contributed by atoms with Gasteiger partial charge < -0.3 is 10.2 Å². The van der Waals surface area contributed by atoms with Crippen molar-refractivity contribution in [2.24, 2.45) is 0 Å². The van der Waals surface area contributed by atoms with Gasteiger partial charge in [-0.2, -0.15) is 0 Å². The number of carbonyl (C=O) groups is 2. The number of amides is 3. The molecule has 0 aromatic heterocycles. The van der Waals surface area contributed by atoms with E-state index >= 15 is 0 Å². The quantitative estimate of drug-likeness (QED) is 0.611. The summed E-state index contributed by atoms with van der Waals surface area (Å²) < 4.78 is 0. The number of nitro groups is 1. The lowest BCUT2D eigenvalue weighted by molar-refractivity contribution is -0.384. The fourth-order valence-corrected chi connectivity index (χ4v) is 2.66. The molecule has 1 aromatic carbocycles. The average molecular weight is 356 g/mol. The van der Waals surface area contributed by atoms with Crippen LogP contribution in [0.15, 0.2) is 18.2 Å². The zero-order valence-corrected chi connectivity index (χ0v) is 13.9. The van der Waals surface area contributed by atoms with E-state index in [9.17, 15) is 19.7 Å². The smallest absolute Gasteiger partial charge is 0.321 e. The lowest BCUT2D eigenvalue weighted by atomic mass is 10.2. The van der Waals surface area contributed by atoms with Crippen molar-refractivity contribution in [3.8, 4) is 0 Å². The highest BCUT2D eigenvalue weighted by atomic mass is 35.5. The van der Waals surface area contributed by atoms with E-state index in [0.717, 1.165) is 0 Å². The van der Waals surface area contributed by atoms with E-state index in [1.165, 1.54) is 13.1 Å². The SMILES string of the molecule is CNC(=O)NC(=O)CN1CCN(c2ccc(Cl)cc2[N+](=O)[O-])CC1. The average Bonchev–Trinajstić information content (AvgIpc) is 2.55. The summed E-state index contributed by atoms with van der Waals surface area (Å²) in [4.78, 5) is 37.3. The molecule has 0 radical (unpaired) electrons. The first kappa shape index (κ1) is 18.0. The maximum Gasteiger partial charge on any atom is 0.321 e. The van der Waals surface area contributed by atoms with E-state index in [2.05, 4.69) is 10.6 Å². The van der Waals surface area contributed by atoms with Crippen molar-refractivity contribution in [1.82, 2.24) is 15.5 Å². The van der Waals surface area contributed by atoms with Crippen LogP contribution in [-0.4, -0.2) is 61.5 Å². The molecule has 0 bridgehead atoms. The first-order valence-electron chi connectivity index (χ1n) is 7.33. The van der Waals surface area contributed by atoms with E-state index < -0.39 is 11.0 Å². The van der Waals surface area contributed by atoms with Gasteiger partial charge in [0.2, 0.25) is 5.91 Å². The van der Waals surface area contributed by atoms with E-state index in [4.69, 9.17) is 11.6 Å². The number of hydrogen-bond acceptors (Lipinski definition) is 6. The molecule has 1 fully saturated rings. The highest BCUT2D eigenvalue weighted by Gasteiger charge is 2.25. The van der Waals surface area contributed by atoms with Crippen LogP contribution in [-0.2, 0) is 4.79 Å². The van der Waals surface area contributed by atoms with E-state index in [-0.39, 0.29) is 18.1 Å². The first-order valence-corrected chi connectivity index (χ1v) is 7.71. The summed E-state index contributed by atoms with van der Waals surface area (Å²) in [6, 6.07) is 4.04. The normalized spacial score (nSPS) is 15.0. The number of nitro benzene ring substituents is 1. The lowest BCUT2D eigenvalue weighted by Gasteiger charge is -2.35. The van der Waals surface area contributed by atoms with Crippen LogP contribution in [0.25, 0.3) is 0 Å². The number of nitrogens with one attached hydrogen (secondary N) is 2. The van der Waals surface area contributed by atoms with Crippen LogP contribution in [0.1, 0.15) is 0 Å². The summed E-state index contributed by atoms with van der Waals surface area (Å²) in [5, 5.41) is 16.0. The maximum absolute atomic E-state index is 11.7. The second kappa shape index (κ2) is 7.93. The van der Waals surface area contributed by atoms with Crippen molar-refractivity contribution >= 4 is 34.9 Å². The van der Waals surface area contributed by atoms with Crippen LogP contribution in [0.5, 0.6) is 0 Å². The Morgan fingerprint density at radius 1 is 1.29 bits per heavy atom. The van der Waals surface area contributed by atoms with Gasteiger partial charge in [-0.3, -0.25) is 25.1 Å². The molecule has 2 rings (SSSR count). The molecule has 1 aliphatic rings. The predicted octanol–water partition coefficient (Wildman–Crippen LogP) is 0.826. The number of piperazine rings is 1. The number of rotatable bonds is 4. The second-order valence-electron chi connectivity index (χ2n) is 5.28. The Morgan fingerprint density at radius 3 is 2.54 bits per heavy atom. The summed E-state index contributed by atoms with van der Waals surface area (Å²) >= 11 is 5.83. The number of halogens is 1. The number of urea groups is 1. The molecule has 0 saturated carbocycles. The summed E-state index contributed by atoms with van der Waals surface area (Å²) in [6.07, 6.45) is 0. The van der Waals surface area contributed by atoms with Crippen LogP contribution in [0.3, 0.4) is 0 Å². The van der Waals surface area contributed by atoms with Crippen molar-refractivity contribution in [3.05, 3.63) is 33.3 Å². The molecule has 2 N–H and O–H groups in total. The van der Waals surface area contributed by atoms with Crippen LogP contribution in [0.2, 0.25) is 5.02 Å². The summed E-state index contributed by atoms with van der Waals surface area (Å²) in [6.45, 7) is 2.29. The van der Waals surface area contributed by atoms with E-state index in [0.29, 0.717) is 36.9 Å². The Labute approximate surface area is 143 Å². The minimum atomic E-state index is -0.546. The van der Waals surface area contributed by atoms with Crippen molar-refractivity contribution in [3.63, 3.8) is 0 Å². The molecule has 0 unspecified atom stereocenters. The van der Waals surface area contributed by atoms with Crippen molar-refractivity contribution < 1.29 is 14.5 Å². The molecule has 130 valence electrons. The van der Waals surface area contributed by atoms with Gasteiger partial charge in [0.05, 0.1) is 11.5 Å². The molecule has 0 atom stereocenters. The molecule has 3 amide bonds. The van der Waals surface area contributed by atoms with Gasteiger partial charge in [-0.05, 0) is 12.1 Å². The monoisotopic (exact) mass is 355 g/mol. The zero-order chi connectivity index (χ0) is 17.7. The molecule has 1 heterocycles. The van der Waals surface area contributed by atoms with Crippen LogP contribution >= 0.6 is 11.6 Å². The lowest BCUT2D eigenvalue weighted by Crippen LogP contribution is -2.51. The Balaban J connectivity index is 1.95. The molecule has 0 aliphatic carbocycles. The number of benzene rings is 1. The predicted molar refractivity (Wildman–Crippen MR) is 89.4 cm³/mol. The Bertz CT molecular complexity index is 646. The highest BCUT2D eigenvalue weighted by Crippen LogP contribution is 2.31. The molecular formula is C14H18ClN5O4.